The third-order valence-corrected chi connectivity index (χ3v) is 3.83. The molecule has 1 fully saturated rings. The van der Waals surface area contributed by atoms with Gasteiger partial charge in [-0.1, -0.05) is 12.8 Å². The van der Waals surface area contributed by atoms with Crippen LogP contribution in [0.5, 0.6) is 0 Å². The molecule has 0 N–H and O–H groups in total. The van der Waals surface area contributed by atoms with Crippen LogP contribution in [0.3, 0.4) is 0 Å². The summed E-state index contributed by atoms with van der Waals surface area (Å²) in [4.78, 5) is 15.4. The third-order valence-electron chi connectivity index (χ3n) is 3.83. The van der Waals surface area contributed by atoms with Crippen molar-refractivity contribution in [1.82, 2.24) is 14.8 Å². The van der Waals surface area contributed by atoms with Gasteiger partial charge in [0.05, 0.1) is 0 Å². The number of aldehydes is 1. The lowest BCUT2D eigenvalue weighted by Gasteiger charge is -2.16. The maximum atomic E-state index is 10.8. The van der Waals surface area contributed by atoms with Crippen molar-refractivity contribution in [2.24, 2.45) is 5.92 Å². The summed E-state index contributed by atoms with van der Waals surface area (Å²) in [5.41, 5.74) is 0. The molecule has 1 aromatic rings. The summed E-state index contributed by atoms with van der Waals surface area (Å²) in [7, 11) is 0. The van der Waals surface area contributed by atoms with E-state index < -0.39 is 0 Å². The molecular weight excluding hydrogens is 202 g/mol. The Bertz CT molecular complexity index is 393. The Kier molecular flexibility index (Phi) is 2.50. The minimum absolute atomic E-state index is 0.160. The van der Waals surface area contributed by atoms with Crippen molar-refractivity contribution in [3.63, 3.8) is 0 Å². The first-order valence-electron chi connectivity index (χ1n) is 6.25. The monoisotopic (exact) mass is 219 g/mol. The molecule has 1 saturated carbocycles. The summed E-state index contributed by atoms with van der Waals surface area (Å²) in [6.45, 7) is 0.860. The zero-order chi connectivity index (χ0) is 11.0. The Balaban J connectivity index is 1.83. The molecule has 1 aliphatic carbocycles. The molecule has 2 heterocycles. The van der Waals surface area contributed by atoms with Crippen LogP contribution in [0.4, 0.5) is 0 Å². The fourth-order valence-corrected chi connectivity index (χ4v) is 2.82. The lowest BCUT2D eigenvalue weighted by molar-refractivity contribution is -0.111. The second kappa shape index (κ2) is 4.00. The largest absolute Gasteiger partial charge is 0.303 e. The van der Waals surface area contributed by atoms with Crippen LogP contribution in [-0.4, -0.2) is 21.1 Å². The molecule has 16 heavy (non-hydrogen) atoms. The first-order valence-corrected chi connectivity index (χ1v) is 6.25. The molecule has 0 bridgehead atoms. The third kappa shape index (κ3) is 1.66. The van der Waals surface area contributed by atoms with E-state index in [-0.39, 0.29) is 5.92 Å². The molecule has 0 spiro atoms. The summed E-state index contributed by atoms with van der Waals surface area (Å²) in [5, 5.41) is 4.59. The molecule has 1 unspecified atom stereocenters. The van der Waals surface area contributed by atoms with Gasteiger partial charge in [-0.15, -0.1) is 0 Å². The molecular formula is C12H17N3O. The van der Waals surface area contributed by atoms with Gasteiger partial charge in [0.25, 0.3) is 0 Å². The number of carbonyl (C=O) groups is 1. The SMILES string of the molecule is O=CC1CCn2nc(C3CCCC3)nc2C1. The van der Waals surface area contributed by atoms with Gasteiger partial charge in [0.1, 0.15) is 12.1 Å². The van der Waals surface area contributed by atoms with E-state index in [1.54, 1.807) is 0 Å². The zero-order valence-electron chi connectivity index (χ0n) is 9.43. The van der Waals surface area contributed by atoms with Gasteiger partial charge in [-0.2, -0.15) is 5.10 Å². The molecule has 0 amide bonds. The van der Waals surface area contributed by atoms with Crippen molar-refractivity contribution in [2.45, 2.75) is 51.0 Å². The summed E-state index contributed by atoms with van der Waals surface area (Å²) in [6.07, 6.45) is 7.86. The van der Waals surface area contributed by atoms with Gasteiger partial charge in [0, 0.05) is 24.8 Å². The van der Waals surface area contributed by atoms with Crippen LogP contribution in [0.2, 0.25) is 0 Å². The minimum atomic E-state index is 0.160. The van der Waals surface area contributed by atoms with E-state index in [9.17, 15) is 4.79 Å². The highest BCUT2D eigenvalue weighted by Gasteiger charge is 2.26. The Morgan fingerprint density at radius 3 is 2.81 bits per heavy atom. The first kappa shape index (κ1) is 10.00. The number of rotatable bonds is 2. The van der Waals surface area contributed by atoms with Crippen molar-refractivity contribution in [2.75, 3.05) is 0 Å². The summed E-state index contributed by atoms with van der Waals surface area (Å²) in [5.74, 6) is 2.78. The zero-order valence-corrected chi connectivity index (χ0v) is 9.43. The Labute approximate surface area is 95.1 Å². The highest BCUT2D eigenvalue weighted by molar-refractivity contribution is 5.54. The molecule has 0 saturated heterocycles. The van der Waals surface area contributed by atoms with E-state index in [0.29, 0.717) is 5.92 Å². The summed E-state index contributed by atoms with van der Waals surface area (Å²) in [6, 6.07) is 0. The van der Waals surface area contributed by atoms with Crippen molar-refractivity contribution >= 4 is 6.29 Å². The van der Waals surface area contributed by atoms with E-state index in [1.165, 1.54) is 25.7 Å². The van der Waals surface area contributed by atoms with Crippen molar-refractivity contribution in [3.8, 4) is 0 Å². The number of carbonyl (C=O) groups excluding carboxylic acids is 1. The van der Waals surface area contributed by atoms with Gasteiger partial charge in [-0.3, -0.25) is 0 Å². The number of hydrogen-bond donors (Lipinski definition) is 0. The first-order chi connectivity index (χ1) is 7.86. The van der Waals surface area contributed by atoms with Crippen LogP contribution in [0.25, 0.3) is 0 Å². The number of aromatic nitrogens is 3. The smallest absolute Gasteiger partial charge is 0.154 e. The van der Waals surface area contributed by atoms with Crippen LogP contribution in [-0.2, 0) is 17.8 Å². The van der Waals surface area contributed by atoms with Crippen molar-refractivity contribution in [3.05, 3.63) is 11.6 Å². The standard InChI is InChI=1S/C12H17N3O/c16-8-9-5-6-15-11(7-9)13-12(14-15)10-3-1-2-4-10/h8-10H,1-7H2. The van der Waals surface area contributed by atoms with E-state index in [2.05, 4.69) is 10.1 Å². The van der Waals surface area contributed by atoms with Crippen LogP contribution in [0.1, 0.15) is 49.7 Å². The van der Waals surface area contributed by atoms with Gasteiger partial charge >= 0.3 is 0 Å². The Hall–Kier alpha value is -1.19. The Morgan fingerprint density at radius 1 is 1.25 bits per heavy atom. The van der Waals surface area contributed by atoms with E-state index in [0.717, 1.165) is 37.3 Å². The van der Waals surface area contributed by atoms with Crippen LogP contribution < -0.4 is 0 Å². The molecule has 1 aromatic heterocycles. The second-order valence-electron chi connectivity index (χ2n) is 4.98. The van der Waals surface area contributed by atoms with Gasteiger partial charge in [-0.25, -0.2) is 9.67 Å². The quantitative estimate of drug-likeness (QED) is 0.711. The number of hydrogen-bond acceptors (Lipinski definition) is 3. The van der Waals surface area contributed by atoms with Gasteiger partial charge in [-0.05, 0) is 19.3 Å². The lowest BCUT2D eigenvalue weighted by atomic mass is 10.0. The van der Waals surface area contributed by atoms with Crippen LogP contribution in [0, 0.1) is 5.92 Å². The maximum absolute atomic E-state index is 10.8. The van der Waals surface area contributed by atoms with Gasteiger partial charge < -0.3 is 4.79 Å². The molecule has 86 valence electrons. The topological polar surface area (TPSA) is 47.8 Å². The van der Waals surface area contributed by atoms with E-state index in [4.69, 9.17) is 0 Å². The normalized spacial score (nSPS) is 25.6. The molecule has 1 atom stereocenters. The fraction of sp³-hybridized carbons (Fsp3) is 0.750. The van der Waals surface area contributed by atoms with Crippen molar-refractivity contribution < 1.29 is 4.79 Å². The number of nitrogens with zero attached hydrogens (tertiary/aromatic N) is 3. The van der Waals surface area contributed by atoms with Crippen LogP contribution >= 0.6 is 0 Å². The second-order valence-corrected chi connectivity index (χ2v) is 4.98. The molecule has 4 nitrogen and oxygen atoms in total. The van der Waals surface area contributed by atoms with Crippen molar-refractivity contribution in [1.29, 1.82) is 0 Å². The maximum Gasteiger partial charge on any atom is 0.154 e. The molecule has 4 heteroatoms. The summed E-state index contributed by atoms with van der Waals surface area (Å²) < 4.78 is 2.01. The van der Waals surface area contributed by atoms with E-state index in [1.807, 2.05) is 4.68 Å². The molecule has 2 aliphatic rings. The number of fused-ring (bicyclic) bond motifs is 1. The summed E-state index contributed by atoms with van der Waals surface area (Å²) >= 11 is 0. The van der Waals surface area contributed by atoms with E-state index >= 15 is 0 Å². The molecule has 0 radical (unpaired) electrons. The number of aryl methyl sites for hydroxylation is 1. The molecule has 0 aromatic carbocycles. The molecule has 3 rings (SSSR count). The average Bonchev–Trinajstić information content (AvgIpc) is 2.96. The van der Waals surface area contributed by atoms with Gasteiger partial charge in [0.15, 0.2) is 5.82 Å². The average molecular weight is 219 g/mol. The predicted molar refractivity (Wildman–Crippen MR) is 59.1 cm³/mol. The lowest BCUT2D eigenvalue weighted by Crippen LogP contribution is -2.21. The van der Waals surface area contributed by atoms with Gasteiger partial charge in [0.2, 0.25) is 0 Å². The van der Waals surface area contributed by atoms with Crippen LogP contribution in [0.15, 0.2) is 0 Å². The predicted octanol–water partition coefficient (Wildman–Crippen LogP) is 1.70. The molecule has 1 aliphatic heterocycles. The fourth-order valence-electron chi connectivity index (χ4n) is 2.82. The highest BCUT2D eigenvalue weighted by atomic mass is 16.1. The highest BCUT2D eigenvalue weighted by Crippen LogP contribution is 2.32. The minimum Gasteiger partial charge on any atom is -0.303 e. The Morgan fingerprint density at radius 2 is 2.06 bits per heavy atom.